The highest BCUT2D eigenvalue weighted by molar-refractivity contribution is 4.87. The Morgan fingerprint density at radius 2 is 1.86 bits per heavy atom. The molecule has 1 aliphatic rings. The first kappa shape index (κ1) is 11.8. The maximum Gasteiger partial charge on any atom is 0.186 e. The van der Waals surface area contributed by atoms with Gasteiger partial charge >= 0.3 is 0 Å². The summed E-state index contributed by atoms with van der Waals surface area (Å²) >= 11 is 0. The molecule has 1 heterocycles. The fourth-order valence-electron chi connectivity index (χ4n) is 1.34. The van der Waals surface area contributed by atoms with Crippen LogP contribution < -0.4 is 5.73 Å². The molecule has 0 aromatic rings. The van der Waals surface area contributed by atoms with E-state index in [2.05, 4.69) is 0 Å². The van der Waals surface area contributed by atoms with Gasteiger partial charge in [0.1, 0.15) is 18.3 Å². The van der Waals surface area contributed by atoms with Crippen molar-refractivity contribution in [2.24, 2.45) is 5.73 Å². The Hall–Kier alpha value is -0.240. The van der Waals surface area contributed by atoms with Crippen LogP contribution in [-0.2, 0) is 9.47 Å². The van der Waals surface area contributed by atoms with Crippen molar-refractivity contribution in [2.45, 2.75) is 37.6 Å². The minimum Gasteiger partial charge on any atom is -0.388 e. The maximum atomic E-state index is 9.45. The molecule has 84 valence electrons. The van der Waals surface area contributed by atoms with E-state index in [0.717, 1.165) is 0 Å². The predicted molar refractivity (Wildman–Crippen MR) is 47.4 cm³/mol. The third-order valence-electron chi connectivity index (χ3n) is 2.21. The van der Waals surface area contributed by atoms with E-state index in [1.54, 1.807) is 6.92 Å². The van der Waals surface area contributed by atoms with E-state index in [4.69, 9.17) is 15.2 Å². The standard InChI is InChI=1S/C8H17NO5/c1-4-5(10)6(11)7(12)8(14-4)13-3-2-9/h4-8,10-12H,2-3,9H2,1H3/t4?,5-,6+,7?,8-/m1/s1. The number of hydrogen-bond acceptors (Lipinski definition) is 6. The van der Waals surface area contributed by atoms with Gasteiger partial charge in [-0.1, -0.05) is 0 Å². The molecule has 1 saturated heterocycles. The molecular formula is C8H17NO5. The highest BCUT2D eigenvalue weighted by Crippen LogP contribution is 2.21. The van der Waals surface area contributed by atoms with Crippen molar-refractivity contribution in [1.82, 2.24) is 0 Å². The molecule has 0 spiro atoms. The van der Waals surface area contributed by atoms with Gasteiger partial charge in [-0.05, 0) is 6.92 Å². The van der Waals surface area contributed by atoms with Crippen LogP contribution in [-0.4, -0.2) is 59.2 Å². The zero-order valence-corrected chi connectivity index (χ0v) is 8.04. The van der Waals surface area contributed by atoms with Crippen LogP contribution in [0.1, 0.15) is 6.92 Å². The van der Waals surface area contributed by atoms with E-state index < -0.39 is 30.7 Å². The van der Waals surface area contributed by atoms with Gasteiger partial charge < -0.3 is 30.5 Å². The molecule has 0 radical (unpaired) electrons. The summed E-state index contributed by atoms with van der Waals surface area (Å²) < 4.78 is 10.2. The van der Waals surface area contributed by atoms with Gasteiger partial charge in [-0.15, -0.1) is 0 Å². The normalized spacial score (nSPS) is 43.9. The first-order valence-electron chi connectivity index (χ1n) is 4.59. The minimum absolute atomic E-state index is 0.233. The lowest BCUT2D eigenvalue weighted by molar-refractivity contribution is -0.292. The Kier molecular flexibility index (Phi) is 4.24. The van der Waals surface area contributed by atoms with Crippen molar-refractivity contribution >= 4 is 0 Å². The summed E-state index contributed by atoms with van der Waals surface area (Å²) in [6, 6.07) is 0. The average molecular weight is 207 g/mol. The molecule has 0 aliphatic carbocycles. The van der Waals surface area contributed by atoms with Crippen LogP contribution in [0.5, 0.6) is 0 Å². The van der Waals surface area contributed by atoms with Crippen LogP contribution in [0.3, 0.4) is 0 Å². The molecule has 5 N–H and O–H groups in total. The van der Waals surface area contributed by atoms with E-state index in [0.29, 0.717) is 6.54 Å². The van der Waals surface area contributed by atoms with E-state index in [1.807, 2.05) is 0 Å². The molecule has 5 atom stereocenters. The van der Waals surface area contributed by atoms with E-state index in [-0.39, 0.29) is 6.61 Å². The van der Waals surface area contributed by atoms with E-state index >= 15 is 0 Å². The Bertz CT molecular complexity index is 179. The van der Waals surface area contributed by atoms with Crippen molar-refractivity contribution < 1.29 is 24.8 Å². The lowest BCUT2D eigenvalue weighted by Gasteiger charge is -2.38. The predicted octanol–water partition coefficient (Wildman–Crippen LogP) is -2.21. The third kappa shape index (κ3) is 2.41. The molecular weight excluding hydrogens is 190 g/mol. The smallest absolute Gasteiger partial charge is 0.186 e. The second kappa shape index (κ2) is 5.01. The fraction of sp³-hybridized carbons (Fsp3) is 1.00. The maximum absolute atomic E-state index is 9.45. The van der Waals surface area contributed by atoms with Gasteiger partial charge in [0.25, 0.3) is 0 Å². The number of rotatable bonds is 3. The van der Waals surface area contributed by atoms with Crippen LogP contribution in [0.25, 0.3) is 0 Å². The van der Waals surface area contributed by atoms with Gasteiger partial charge in [-0.25, -0.2) is 0 Å². The van der Waals surface area contributed by atoms with Crippen LogP contribution in [0.15, 0.2) is 0 Å². The number of ether oxygens (including phenoxy) is 2. The third-order valence-corrected chi connectivity index (χ3v) is 2.21. The first-order valence-corrected chi connectivity index (χ1v) is 4.59. The summed E-state index contributed by atoms with van der Waals surface area (Å²) in [5.41, 5.74) is 5.21. The SMILES string of the molecule is CC1O[C@@H](OCCN)C(O)[C@@H](O)[C@@H]1O. The highest BCUT2D eigenvalue weighted by atomic mass is 16.7. The molecule has 0 amide bonds. The molecule has 0 bridgehead atoms. The lowest BCUT2D eigenvalue weighted by Crippen LogP contribution is -2.57. The largest absolute Gasteiger partial charge is 0.388 e. The fourth-order valence-corrected chi connectivity index (χ4v) is 1.34. The van der Waals surface area contributed by atoms with Crippen molar-refractivity contribution in [1.29, 1.82) is 0 Å². The summed E-state index contributed by atoms with van der Waals surface area (Å²) in [6.07, 6.45) is -5.08. The second-order valence-corrected chi connectivity index (χ2v) is 3.34. The zero-order chi connectivity index (χ0) is 10.7. The summed E-state index contributed by atoms with van der Waals surface area (Å²) in [4.78, 5) is 0. The quantitative estimate of drug-likeness (QED) is 0.418. The molecule has 1 fully saturated rings. The summed E-state index contributed by atoms with van der Waals surface area (Å²) in [7, 11) is 0. The first-order chi connectivity index (χ1) is 6.57. The minimum atomic E-state index is -1.25. The average Bonchev–Trinajstić information content (AvgIpc) is 2.18. The molecule has 2 unspecified atom stereocenters. The lowest BCUT2D eigenvalue weighted by atomic mass is 10.0. The Morgan fingerprint density at radius 3 is 2.43 bits per heavy atom. The van der Waals surface area contributed by atoms with Gasteiger partial charge in [-0.3, -0.25) is 0 Å². The molecule has 1 rings (SSSR count). The van der Waals surface area contributed by atoms with Crippen LogP contribution in [0.2, 0.25) is 0 Å². The topological polar surface area (TPSA) is 105 Å². The molecule has 0 aromatic carbocycles. The van der Waals surface area contributed by atoms with Gasteiger partial charge in [0, 0.05) is 6.54 Å². The van der Waals surface area contributed by atoms with Gasteiger partial charge in [0.05, 0.1) is 12.7 Å². The Labute approximate surface area is 82.2 Å². The van der Waals surface area contributed by atoms with Crippen LogP contribution in [0.4, 0.5) is 0 Å². The van der Waals surface area contributed by atoms with Crippen molar-refractivity contribution in [3.8, 4) is 0 Å². The van der Waals surface area contributed by atoms with Gasteiger partial charge in [0.2, 0.25) is 0 Å². The van der Waals surface area contributed by atoms with Crippen molar-refractivity contribution in [2.75, 3.05) is 13.2 Å². The number of hydrogen-bond donors (Lipinski definition) is 4. The van der Waals surface area contributed by atoms with E-state index in [1.165, 1.54) is 0 Å². The summed E-state index contributed by atoms with van der Waals surface area (Å²) in [6.45, 7) is 2.13. The van der Waals surface area contributed by atoms with E-state index in [9.17, 15) is 15.3 Å². The Morgan fingerprint density at radius 1 is 1.21 bits per heavy atom. The van der Waals surface area contributed by atoms with Crippen LogP contribution >= 0.6 is 0 Å². The molecule has 6 heteroatoms. The molecule has 1 aliphatic heterocycles. The highest BCUT2D eigenvalue weighted by Gasteiger charge is 2.42. The zero-order valence-electron chi connectivity index (χ0n) is 8.04. The second-order valence-electron chi connectivity index (χ2n) is 3.34. The van der Waals surface area contributed by atoms with Crippen molar-refractivity contribution in [3.05, 3.63) is 0 Å². The van der Waals surface area contributed by atoms with Crippen molar-refractivity contribution in [3.63, 3.8) is 0 Å². The van der Waals surface area contributed by atoms with Gasteiger partial charge in [0.15, 0.2) is 6.29 Å². The molecule has 6 nitrogen and oxygen atoms in total. The monoisotopic (exact) mass is 207 g/mol. The van der Waals surface area contributed by atoms with Gasteiger partial charge in [-0.2, -0.15) is 0 Å². The summed E-state index contributed by atoms with van der Waals surface area (Å²) in [5.74, 6) is 0. The number of aliphatic hydroxyl groups excluding tert-OH is 3. The molecule has 0 aromatic heterocycles. The van der Waals surface area contributed by atoms with Crippen LogP contribution in [0, 0.1) is 0 Å². The Balaban J connectivity index is 2.52. The number of aliphatic hydroxyl groups is 3. The number of nitrogens with two attached hydrogens (primary N) is 1. The molecule has 0 saturated carbocycles. The summed E-state index contributed by atoms with van der Waals surface area (Å²) in [5, 5.41) is 28.2. The molecule has 14 heavy (non-hydrogen) atoms.